The smallest absolute Gasteiger partial charge is 0.435 e. The summed E-state index contributed by atoms with van der Waals surface area (Å²) >= 11 is 6.55. The second-order valence-corrected chi connectivity index (χ2v) is 16.6. The van der Waals surface area contributed by atoms with Crippen LogP contribution < -0.4 is 16.0 Å². The minimum absolute atomic E-state index is 0.0395. The van der Waals surface area contributed by atoms with E-state index in [2.05, 4.69) is 41.1 Å². The summed E-state index contributed by atoms with van der Waals surface area (Å²) in [6.45, 7) is 9.21. The highest BCUT2D eigenvalue weighted by Crippen LogP contribution is 2.36. The number of benzene rings is 1. The highest BCUT2D eigenvalue weighted by Gasteiger charge is 2.42. The molecule has 3 amide bonds. The van der Waals surface area contributed by atoms with Crippen LogP contribution in [0.4, 0.5) is 24.5 Å². The van der Waals surface area contributed by atoms with Crippen LogP contribution in [0.15, 0.2) is 42.7 Å². The molecule has 60 heavy (non-hydrogen) atoms. The van der Waals surface area contributed by atoms with Crippen molar-refractivity contribution in [3.8, 4) is 11.4 Å². The largest absolute Gasteiger partial charge is 0.477 e. The van der Waals surface area contributed by atoms with E-state index in [9.17, 15) is 37.5 Å². The molecule has 0 aliphatic carbocycles. The highest BCUT2D eigenvalue weighted by molar-refractivity contribution is 6.34. The number of piperazine rings is 1. The standard InChI is InChI=1S/C40H47ClF3N11O5/c1-23(2)48-27-4-6-32(46-19-27)34-30(35(52-51-34)40(42,43)44)15-28-20-47-36(49-28)37(58)50-26-3-5-29(31(41)16-26)39(60)54-11-9-53(10-12-54)38(59)25-7-13-55(14-8-25,22-33(56)57)21-24-17-45-18-24/h3-6,16,19-20,23-25,45H,7-15,17-18,21-22H2,1-2H3,(H4-,46,47,48,49,50,51,52,56,57,58,60)/p+1. The number of hydrogen-bond acceptors (Lipinski definition) is 9. The number of H-pyrrole nitrogens is 2. The molecule has 0 unspecified atom stereocenters. The lowest BCUT2D eigenvalue weighted by atomic mass is 9.90. The number of halogens is 4. The molecule has 6 N–H and O–H groups in total. The van der Waals surface area contributed by atoms with Crippen molar-refractivity contribution in [2.24, 2.45) is 11.8 Å². The van der Waals surface area contributed by atoms with Gasteiger partial charge in [-0.15, -0.1) is 0 Å². The van der Waals surface area contributed by atoms with Crippen molar-refractivity contribution in [2.45, 2.75) is 45.3 Å². The molecule has 6 heterocycles. The van der Waals surface area contributed by atoms with Crippen molar-refractivity contribution in [1.82, 2.24) is 40.3 Å². The number of carboxylic acids is 1. The zero-order chi connectivity index (χ0) is 42.8. The first-order valence-electron chi connectivity index (χ1n) is 20.0. The summed E-state index contributed by atoms with van der Waals surface area (Å²) in [5, 5.41) is 24.8. The van der Waals surface area contributed by atoms with E-state index in [1.807, 2.05) is 13.8 Å². The molecule has 3 aliphatic heterocycles. The minimum atomic E-state index is -4.76. The van der Waals surface area contributed by atoms with E-state index in [-0.39, 0.29) is 81.5 Å². The molecule has 0 bridgehead atoms. The lowest BCUT2D eigenvalue weighted by Gasteiger charge is -2.46. The summed E-state index contributed by atoms with van der Waals surface area (Å²) < 4.78 is 42.5. The fourth-order valence-corrected chi connectivity index (χ4v) is 8.56. The number of carbonyl (C=O) groups is 4. The van der Waals surface area contributed by atoms with Gasteiger partial charge in [0, 0.05) is 99.6 Å². The number of likely N-dealkylation sites (tertiary alicyclic amines) is 1. The number of quaternary nitrogens is 1. The van der Waals surface area contributed by atoms with Crippen molar-refractivity contribution in [1.29, 1.82) is 0 Å². The Morgan fingerprint density at radius 2 is 1.68 bits per heavy atom. The first-order chi connectivity index (χ1) is 28.6. The molecule has 0 radical (unpaired) electrons. The molecule has 16 nitrogen and oxygen atoms in total. The van der Waals surface area contributed by atoms with Crippen LogP contribution in [0, 0.1) is 11.8 Å². The Morgan fingerprint density at radius 1 is 0.983 bits per heavy atom. The number of rotatable bonds is 13. The van der Waals surface area contributed by atoms with Gasteiger partial charge in [0.15, 0.2) is 18.1 Å². The van der Waals surface area contributed by atoms with E-state index in [0.717, 1.165) is 19.6 Å². The molecule has 1 aromatic carbocycles. The van der Waals surface area contributed by atoms with Gasteiger partial charge in [-0.1, -0.05) is 11.6 Å². The number of aromatic nitrogens is 5. The summed E-state index contributed by atoms with van der Waals surface area (Å²) in [4.78, 5) is 66.5. The third-order valence-electron chi connectivity index (χ3n) is 11.4. The van der Waals surface area contributed by atoms with Gasteiger partial charge in [0.1, 0.15) is 0 Å². The van der Waals surface area contributed by atoms with Crippen molar-refractivity contribution < 1.29 is 41.9 Å². The van der Waals surface area contributed by atoms with Crippen molar-refractivity contribution >= 4 is 46.7 Å². The number of anilines is 2. The van der Waals surface area contributed by atoms with Crippen LogP contribution in [0.2, 0.25) is 5.02 Å². The van der Waals surface area contributed by atoms with Crippen molar-refractivity contribution in [3.05, 3.63) is 76.1 Å². The van der Waals surface area contributed by atoms with Crippen LogP contribution in [-0.4, -0.2) is 140 Å². The molecule has 0 spiro atoms. The molecule has 0 atom stereocenters. The van der Waals surface area contributed by atoms with Gasteiger partial charge >= 0.3 is 12.1 Å². The third-order valence-corrected chi connectivity index (χ3v) is 11.7. The number of nitrogens with zero attached hydrogens (tertiary/aromatic N) is 6. The molecule has 320 valence electrons. The molecule has 3 saturated heterocycles. The maximum Gasteiger partial charge on any atom is 0.435 e. The number of amides is 3. The van der Waals surface area contributed by atoms with E-state index < -0.39 is 23.7 Å². The Bertz CT molecular complexity index is 2210. The number of carboxylic acid groups (broad SMARTS) is 1. The highest BCUT2D eigenvalue weighted by atomic mass is 35.5. The molecule has 4 aromatic rings. The van der Waals surface area contributed by atoms with Crippen molar-refractivity contribution in [3.63, 3.8) is 0 Å². The number of carbonyl (C=O) groups excluding carboxylic acids is 3. The van der Waals surface area contributed by atoms with Crippen LogP contribution in [0.3, 0.4) is 0 Å². The quantitative estimate of drug-likeness (QED) is 0.105. The number of aliphatic carboxylic acids is 1. The number of aromatic amines is 2. The summed E-state index contributed by atoms with van der Waals surface area (Å²) in [6, 6.07) is 7.86. The van der Waals surface area contributed by atoms with Crippen molar-refractivity contribution in [2.75, 3.05) is 76.1 Å². The maximum atomic E-state index is 14.0. The predicted molar refractivity (Wildman–Crippen MR) is 215 cm³/mol. The Labute approximate surface area is 348 Å². The SMILES string of the molecule is CC(C)Nc1ccc(-c2[nH]nc(C(F)(F)F)c2Cc2cnc(C(=O)Nc3ccc(C(=O)N4CCN(C(=O)C5CC[N+](CC(=O)O)(CC6CNC6)CC5)CC4)c(Cl)c3)[nH]2)nc1. The van der Waals surface area contributed by atoms with Crippen LogP contribution in [0.25, 0.3) is 11.4 Å². The fourth-order valence-electron chi connectivity index (χ4n) is 8.29. The second-order valence-electron chi connectivity index (χ2n) is 16.2. The zero-order valence-electron chi connectivity index (χ0n) is 33.2. The number of hydrogen-bond donors (Lipinski definition) is 6. The molecule has 3 aliphatic rings. The van der Waals surface area contributed by atoms with Gasteiger partial charge in [0.2, 0.25) is 5.91 Å². The number of piperidine rings is 1. The molecule has 3 fully saturated rings. The first kappa shape index (κ1) is 42.6. The predicted octanol–water partition coefficient (Wildman–Crippen LogP) is 4.35. The Kier molecular flexibility index (Phi) is 12.5. The van der Waals surface area contributed by atoms with Gasteiger partial charge in [-0.3, -0.25) is 24.5 Å². The first-order valence-corrected chi connectivity index (χ1v) is 20.3. The third kappa shape index (κ3) is 9.74. The summed E-state index contributed by atoms with van der Waals surface area (Å²) in [7, 11) is 0. The van der Waals surface area contributed by atoms with Gasteiger partial charge in [0.25, 0.3) is 11.8 Å². The van der Waals surface area contributed by atoms with Gasteiger partial charge in [-0.2, -0.15) is 18.3 Å². The Hall–Kier alpha value is -5.53. The maximum absolute atomic E-state index is 14.0. The fraction of sp³-hybridized carbons (Fsp3) is 0.475. The van der Waals surface area contributed by atoms with Gasteiger partial charge in [0.05, 0.1) is 53.5 Å². The van der Waals surface area contributed by atoms with E-state index >= 15 is 0 Å². The molecule has 20 heteroatoms. The molecule has 0 saturated carbocycles. The average Bonchev–Trinajstić information content (AvgIpc) is 3.84. The monoisotopic (exact) mass is 854 g/mol. The molecular formula is C40H48ClF3N11O5+. The van der Waals surface area contributed by atoms with Crippen LogP contribution in [0.5, 0.6) is 0 Å². The van der Waals surface area contributed by atoms with Gasteiger partial charge < -0.3 is 40.3 Å². The number of pyridine rings is 1. The van der Waals surface area contributed by atoms with Gasteiger partial charge in [-0.05, 0) is 44.2 Å². The molecule has 7 rings (SSSR count). The van der Waals surface area contributed by atoms with Crippen LogP contribution in [-0.2, 0) is 22.2 Å². The minimum Gasteiger partial charge on any atom is -0.477 e. The zero-order valence-corrected chi connectivity index (χ0v) is 34.0. The lowest BCUT2D eigenvalue weighted by Crippen LogP contribution is -2.62. The Balaban J connectivity index is 0.929. The van der Waals surface area contributed by atoms with Crippen LogP contribution >= 0.6 is 11.6 Å². The van der Waals surface area contributed by atoms with Gasteiger partial charge in [-0.25, -0.2) is 9.78 Å². The molecular weight excluding hydrogens is 807 g/mol. The van der Waals surface area contributed by atoms with E-state index in [4.69, 9.17) is 11.6 Å². The topological polar surface area (TPSA) is 201 Å². The molecule has 3 aromatic heterocycles. The Morgan fingerprint density at radius 3 is 2.28 bits per heavy atom. The normalized spacial score (nSPS) is 19.9. The lowest BCUT2D eigenvalue weighted by molar-refractivity contribution is -0.929. The summed E-state index contributed by atoms with van der Waals surface area (Å²) in [5.74, 6) is -1.67. The number of imidazole rings is 1. The van der Waals surface area contributed by atoms with Crippen LogP contribution in [0.1, 0.15) is 64.6 Å². The van der Waals surface area contributed by atoms with E-state index in [1.54, 1.807) is 21.9 Å². The average molecular weight is 855 g/mol. The van der Waals surface area contributed by atoms with E-state index in [1.165, 1.54) is 30.6 Å². The number of alkyl halides is 3. The summed E-state index contributed by atoms with van der Waals surface area (Å²) in [5.41, 5.74) is 0.461. The second kappa shape index (κ2) is 17.6. The summed E-state index contributed by atoms with van der Waals surface area (Å²) in [6.07, 6.45) is -0.989. The van der Waals surface area contributed by atoms with E-state index in [0.29, 0.717) is 68.2 Å². The number of nitrogens with one attached hydrogen (secondary N) is 5.